The van der Waals surface area contributed by atoms with Gasteiger partial charge in [-0.2, -0.15) is 0 Å². The lowest BCUT2D eigenvalue weighted by Gasteiger charge is -2.28. The van der Waals surface area contributed by atoms with Gasteiger partial charge in [0.15, 0.2) is 0 Å². The van der Waals surface area contributed by atoms with E-state index in [0.717, 1.165) is 17.8 Å². The smallest absolute Gasteiger partial charge is 0.0668 e. The van der Waals surface area contributed by atoms with Gasteiger partial charge in [-0.15, -0.1) is 0 Å². The number of anilines is 2. The van der Waals surface area contributed by atoms with E-state index in [9.17, 15) is 0 Å². The van der Waals surface area contributed by atoms with Gasteiger partial charge in [0.25, 0.3) is 0 Å². The number of hydrogen-bond acceptors (Lipinski definition) is 2. The van der Waals surface area contributed by atoms with Crippen molar-refractivity contribution in [3.05, 3.63) is 162 Å². The van der Waals surface area contributed by atoms with Crippen LogP contribution in [0.4, 0.5) is 17.1 Å². The van der Waals surface area contributed by atoms with Gasteiger partial charge >= 0.3 is 0 Å². The maximum absolute atomic E-state index is 5.06. The van der Waals surface area contributed by atoms with Gasteiger partial charge < -0.3 is 4.90 Å². The molecule has 41 heavy (non-hydrogen) atoms. The summed E-state index contributed by atoms with van der Waals surface area (Å²) in [5, 5.41) is 0. The van der Waals surface area contributed by atoms with E-state index in [0.29, 0.717) is 12.0 Å². The quantitative estimate of drug-likeness (QED) is 0.223. The second-order valence-electron chi connectivity index (χ2n) is 11.2. The van der Waals surface area contributed by atoms with Crippen LogP contribution in [0.1, 0.15) is 35.1 Å². The number of benzene rings is 5. The predicted molar refractivity (Wildman–Crippen MR) is 172 cm³/mol. The summed E-state index contributed by atoms with van der Waals surface area (Å²) < 4.78 is 0. The highest BCUT2D eigenvalue weighted by molar-refractivity contribution is 6.06. The van der Waals surface area contributed by atoms with Crippen LogP contribution in [-0.2, 0) is 6.42 Å². The summed E-state index contributed by atoms with van der Waals surface area (Å²) in [4.78, 5) is 7.55. The molecule has 2 atom stereocenters. The number of aliphatic imine (C=N–C) groups is 1. The van der Waals surface area contributed by atoms with E-state index < -0.39 is 0 Å². The second-order valence-corrected chi connectivity index (χ2v) is 11.2. The van der Waals surface area contributed by atoms with Gasteiger partial charge in [0.05, 0.1) is 11.7 Å². The zero-order valence-corrected chi connectivity index (χ0v) is 23.0. The number of rotatable bonds is 2. The lowest BCUT2D eigenvalue weighted by Crippen LogP contribution is -2.28. The zero-order valence-electron chi connectivity index (χ0n) is 23.0. The van der Waals surface area contributed by atoms with Crippen molar-refractivity contribution >= 4 is 22.8 Å². The molecule has 0 radical (unpaired) electrons. The molecule has 2 unspecified atom stereocenters. The Hall–Kier alpha value is -4.95. The number of nitrogens with zero attached hydrogens (tertiary/aromatic N) is 2. The molecular formula is C39H30N2. The van der Waals surface area contributed by atoms with Crippen molar-refractivity contribution in [2.75, 3.05) is 4.90 Å². The molecule has 0 spiro atoms. The van der Waals surface area contributed by atoms with Crippen LogP contribution in [0.5, 0.6) is 0 Å². The highest BCUT2D eigenvalue weighted by Gasteiger charge is 2.36. The van der Waals surface area contributed by atoms with Crippen molar-refractivity contribution in [1.29, 1.82) is 0 Å². The first kappa shape index (κ1) is 23.9. The number of para-hydroxylation sites is 2. The second kappa shape index (κ2) is 9.60. The van der Waals surface area contributed by atoms with Gasteiger partial charge in [-0.05, 0) is 76.2 Å². The molecule has 0 bridgehead atoms. The molecule has 8 rings (SSSR count). The molecule has 2 aliphatic heterocycles. The molecular weight excluding hydrogens is 496 g/mol. The van der Waals surface area contributed by atoms with Crippen LogP contribution in [0.2, 0.25) is 0 Å². The minimum absolute atomic E-state index is 0.313. The molecule has 0 aromatic heterocycles. The SMILES string of the molecule is CC1=Nc2ccccc2Cc2ccc(-c3ccc(N4c5ccccc5C5C=CC=CC54)cc3)cc2-c2ccccc21. The van der Waals surface area contributed by atoms with E-state index in [1.807, 2.05) is 0 Å². The van der Waals surface area contributed by atoms with E-state index in [-0.39, 0.29) is 0 Å². The van der Waals surface area contributed by atoms with Crippen LogP contribution in [0.3, 0.4) is 0 Å². The largest absolute Gasteiger partial charge is 0.333 e. The molecule has 0 fully saturated rings. The molecule has 5 aromatic carbocycles. The Bertz CT molecular complexity index is 1890. The minimum Gasteiger partial charge on any atom is -0.333 e. The molecule has 1 aliphatic carbocycles. The summed E-state index contributed by atoms with van der Waals surface area (Å²) in [6.07, 6.45) is 9.88. The summed E-state index contributed by atoms with van der Waals surface area (Å²) in [6, 6.07) is 42.4. The summed E-state index contributed by atoms with van der Waals surface area (Å²) in [5.74, 6) is 0.394. The van der Waals surface area contributed by atoms with Crippen LogP contribution >= 0.6 is 0 Å². The number of fused-ring (bicyclic) bond motifs is 7. The van der Waals surface area contributed by atoms with Gasteiger partial charge in [-0.1, -0.05) is 109 Å². The summed E-state index contributed by atoms with van der Waals surface area (Å²) in [7, 11) is 0. The maximum Gasteiger partial charge on any atom is 0.0668 e. The average Bonchev–Trinajstić information content (AvgIpc) is 3.38. The van der Waals surface area contributed by atoms with E-state index in [4.69, 9.17) is 4.99 Å². The predicted octanol–water partition coefficient (Wildman–Crippen LogP) is 9.80. The monoisotopic (exact) mass is 526 g/mol. The minimum atomic E-state index is 0.313. The van der Waals surface area contributed by atoms with E-state index >= 15 is 0 Å². The Morgan fingerprint density at radius 3 is 2.27 bits per heavy atom. The van der Waals surface area contributed by atoms with Crippen LogP contribution < -0.4 is 4.90 Å². The highest BCUT2D eigenvalue weighted by atomic mass is 15.2. The zero-order chi connectivity index (χ0) is 27.3. The molecule has 196 valence electrons. The van der Waals surface area contributed by atoms with Crippen molar-refractivity contribution in [2.24, 2.45) is 4.99 Å². The van der Waals surface area contributed by atoms with Crippen LogP contribution in [0, 0.1) is 0 Å². The molecule has 3 aliphatic rings. The standard InChI is InChI=1S/C39H30N2/c1-26-32-11-3-4-12-33(32)36-25-28(18-19-29(36)24-30-10-2-7-15-37(30)40-26)27-20-22-31(23-21-27)41-38-16-8-5-13-34(38)35-14-6-9-17-39(35)41/h2-23,25,34,38H,24H2,1H3. The third-order valence-corrected chi connectivity index (χ3v) is 8.82. The van der Waals surface area contributed by atoms with E-state index in [1.165, 1.54) is 55.9 Å². The molecule has 2 nitrogen and oxygen atoms in total. The van der Waals surface area contributed by atoms with Crippen LogP contribution in [0.15, 0.2) is 145 Å². The molecule has 0 N–H and O–H groups in total. The molecule has 2 heterocycles. The Balaban J connectivity index is 1.21. The van der Waals surface area contributed by atoms with Crippen molar-refractivity contribution in [1.82, 2.24) is 0 Å². The molecule has 2 heteroatoms. The Morgan fingerprint density at radius 2 is 1.37 bits per heavy atom. The first-order chi connectivity index (χ1) is 20.2. The molecule has 0 saturated heterocycles. The number of allylic oxidation sites excluding steroid dienone is 2. The van der Waals surface area contributed by atoms with E-state index in [2.05, 4.69) is 151 Å². The summed E-state index contributed by atoms with van der Waals surface area (Å²) >= 11 is 0. The third-order valence-electron chi connectivity index (χ3n) is 8.82. The fraction of sp³-hybridized carbons (Fsp3) is 0.103. The highest BCUT2D eigenvalue weighted by Crippen LogP contribution is 2.47. The van der Waals surface area contributed by atoms with E-state index in [1.54, 1.807) is 0 Å². The Morgan fingerprint density at radius 1 is 0.634 bits per heavy atom. The maximum atomic E-state index is 5.06. The fourth-order valence-corrected chi connectivity index (χ4v) is 6.81. The average molecular weight is 527 g/mol. The molecule has 0 saturated carbocycles. The van der Waals surface area contributed by atoms with Gasteiger partial charge in [-0.25, -0.2) is 0 Å². The normalized spacial score (nSPS) is 18.2. The summed E-state index contributed by atoms with van der Waals surface area (Å²) in [5.41, 5.74) is 14.8. The lowest BCUT2D eigenvalue weighted by atomic mass is 9.89. The van der Waals surface area contributed by atoms with Gasteiger partial charge in [0.1, 0.15) is 0 Å². The van der Waals surface area contributed by atoms with Crippen molar-refractivity contribution in [3.8, 4) is 22.3 Å². The van der Waals surface area contributed by atoms with Crippen molar-refractivity contribution < 1.29 is 0 Å². The van der Waals surface area contributed by atoms with Crippen LogP contribution in [0.25, 0.3) is 22.3 Å². The topological polar surface area (TPSA) is 15.6 Å². The van der Waals surface area contributed by atoms with Gasteiger partial charge in [-0.3, -0.25) is 4.99 Å². The molecule has 0 amide bonds. The van der Waals surface area contributed by atoms with Gasteiger partial charge in [0, 0.05) is 35.0 Å². The lowest BCUT2D eigenvalue weighted by molar-refractivity contribution is 0.745. The Kier molecular flexibility index (Phi) is 5.60. The van der Waals surface area contributed by atoms with Crippen LogP contribution in [-0.4, -0.2) is 11.8 Å². The van der Waals surface area contributed by atoms with Crippen molar-refractivity contribution in [2.45, 2.75) is 25.3 Å². The summed E-state index contributed by atoms with van der Waals surface area (Å²) in [6.45, 7) is 2.13. The third kappa shape index (κ3) is 3.98. The molecule has 5 aromatic rings. The fourth-order valence-electron chi connectivity index (χ4n) is 6.81. The number of hydrogen-bond donors (Lipinski definition) is 0. The van der Waals surface area contributed by atoms with Gasteiger partial charge in [0.2, 0.25) is 0 Å². The first-order valence-electron chi connectivity index (χ1n) is 14.4. The van der Waals surface area contributed by atoms with Crippen molar-refractivity contribution in [3.63, 3.8) is 0 Å². The first-order valence-corrected chi connectivity index (χ1v) is 14.4. The Labute approximate surface area is 241 Å².